The van der Waals surface area contributed by atoms with Crippen molar-refractivity contribution in [1.29, 1.82) is 0 Å². The molecule has 2 heterocycles. The topological polar surface area (TPSA) is 46.4 Å². The molecular formula is C18H23N3OS. The summed E-state index contributed by atoms with van der Waals surface area (Å²) in [5, 5.41) is 6.11. The van der Waals surface area contributed by atoms with Gasteiger partial charge < -0.3 is 4.57 Å². The van der Waals surface area contributed by atoms with E-state index in [4.69, 9.17) is 0 Å². The molecule has 23 heavy (non-hydrogen) atoms. The molecular weight excluding hydrogens is 306 g/mol. The van der Waals surface area contributed by atoms with E-state index in [-0.39, 0.29) is 5.91 Å². The molecule has 0 radical (unpaired) electrons. The molecule has 0 aromatic carbocycles. The molecule has 0 unspecified atom stereocenters. The quantitative estimate of drug-likeness (QED) is 0.655. The number of carbonyl (C=O) groups is 1. The highest BCUT2D eigenvalue weighted by Gasteiger charge is 2.20. The summed E-state index contributed by atoms with van der Waals surface area (Å²) in [5.74, 6) is -0.0756. The van der Waals surface area contributed by atoms with Crippen molar-refractivity contribution in [2.75, 3.05) is 0 Å². The lowest BCUT2D eigenvalue weighted by atomic mass is 10.2. The number of rotatable bonds is 5. The Hall–Kier alpha value is -1.88. The number of hydrogen-bond donors (Lipinski definition) is 1. The summed E-state index contributed by atoms with van der Waals surface area (Å²) >= 11 is 1.59. The third kappa shape index (κ3) is 3.72. The minimum atomic E-state index is -0.0756. The number of amides is 1. The van der Waals surface area contributed by atoms with E-state index in [0.29, 0.717) is 12.5 Å². The van der Waals surface area contributed by atoms with Crippen molar-refractivity contribution in [3.63, 3.8) is 0 Å². The molecule has 0 aliphatic heterocycles. The smallest absolute Gasteiger partial charge is 0.245 e. The van der Waals surface area contributed by atoms with Gasteiger partial charge in [0.1, 0.15) is 0 Å². The fraction of sp³-hybridized carbons (Fsp3) is 0.444. The largest absolute Gasteiger partial charge is 0.345 e. The molecule has 1 saturated carbocycles. The second kappa shape index (κ2) is 7.13. The number of aryl methyl sites for hydroxylation is 1. The zero-order valence-corrected chi connectivity index (χ0v) is 14.5. The third-order valence-electron chi connectivity index (χ3n) is 4.52. The van der Waals surface area contributed by atoms with Crippen LogP contribution in [0.25, 0.3) is 0 Å². The van der Waals surface area contributed by atoms with Crippen molar-refractivity contribution in [3.8, 4) is 0 Å². The average Bonchev–Trinajstić information content (AvgIpc) is 3.23. The predicted molar refractivity (Wildman–Crippen MR) is 95.2 cm³/mol. The number of hydrogen-bond acceptors (Lipinski definition) is 3. The number of nitrogens with zero attached hydrogens (tertiary/aromatic N) is 2. The van der Waals surface area contributed by atoms with Crippen LogP contribution >= 0.6 is 11.3 Å². The minimum Gasteiger partial charge on any atom is -0.345 e. The second-order valence-corrected chi connectivity index (χ2v) is 7.22. The van der Waals surface area contributed by atoms with Crippen molar-refractivity contribution in [3.05, 3.63) is 45.4 Å². The molecule has 2 aromatic heterocycles. The highest BCUT2D eigenvalue weighted by Crippen LogP contribution is 2.32. The van der Waals surface area contributed by atoms with Gasteiger partial charge in [0.15, 0.2) is 0 Å². The molecule has 122 valence electrons. The van der Waals surface area contributed by atoms with Crippen LogP contribution in [-0.4, -0.2) is 16.7 Å². The van der Waals surface area contributed by atoms with Gasteiger partial charge in [-0.05, 0) is 44.2 Å². The molecule has 4 nitrogen and oxygen atoms in total. The number of carbonyl (C=O) groups excluding carboxylic acids is 1. The molecule has 1 aliphatic carbocycles. The van der Waals surface area contributed by atoms with Crippen LogP contribution in [0.4, 0.5) is 0 Å². The second-order valence-electron chi connectivity index (χ2n) is 6.18. The number of nitrogens with one attached hydrogen (secondary N) is 1. The van der Waals surface area contributed by atoms with Crippen LogP contribution in [-0.2, 0) is 11.2 Å². The predicted octanol–water partition coefficient (Wildman–Crippen LogP) is 3.97. The number of hydrazone groups is 1. The van der Waals surface area contributed by atoms with Crippen molar-refractivity contribution < 1.29 is 4.79 Å². The van der Waals surface area contributed by atoms with Crippen LogP contribution in [0.15, 0.2) is 28.7 Å². The fourth-order valence-corrected chi connectivity index (χ4v) is 4.15. The van der Waals surface area contributed by atoms with E-state index in [0.717, 1.165) is 10.4 Å². The van der Waals surface area contributed by atoms with E-state index in [9.17, 15) is 4.79 Å². The van der Waals surface area contributed by atoms with Gasteiger partial charge in [0, 0.05) is 27.9 Å². The van der Waals surface area contributed by atoms with Gasteiger partial charge in [0.2, 0.25) is 5.91 Å². The van der Waals surface area contributed by atoms with E-state index in [2.05, 4.69) is 35.0 Å². The first-order valence-electron chi connectivity index (χ1n) is 8.18. The number of thiophene rings is 1. The Morgan fingerprint density at radius 2 is 2.22 bits per heavy atom. The Balaban J connectivity index is 1.63. The molecule has 3 rings (SSSR count). The highest BCUT2D eigenvalue weighted by molar-refractivity contribution is 7.10. The standard InChI is InChI=1S/C18H23N3OS/c1-13-10-15(14(2)21(13)16-6-3-4-7-16)12-19-20-18(22)11-17-8-5-9-23-17/h5,8-10,12,16H,3-4,6-7,11H2,1-2H3,(H,20,22)/b19-12-. The summed E-state index contributed by atoms with van der Waals surface area (Å²) in [6.07, 6.45) is 7.33. The van der Waals surface area contributed by atoms with E-state index in [1.54, 1.807) is 17.6 Å². The molecule has 1 aliphatic rings. The van der Waals surface area contributed by atoms with Crippen molar-refractivity contribution in [1.82, 2.24) is 9.99 Å². The van der Waals surface area contributed by atoms with Gasteiger partial charge in [-0.1, -0.05) is 18.9 Å². The average molecular weight is 329 g/mol. The zero-order valence-electron chi connectivity index (χ0n) is 13.7. The van der Waals surface area contributed by atoms with Crippen molar-refractivity contribution in [2.45, 2.75) is 52.0 Å². The molecule has 1 amide bonds. The molecule has 5 heteroatoms. The molecule has 0 spiro atoms. The van der Waals surface area contributed by atoms with Gasteiger partial charge in [-0.25, -0.2) is 5.43 Å². The normalized spacial score (nSPS) is 15.6. The fourth-order valence-electron chi connectivity index (χ4n) is 3.44. The van der Waals surface area contributed by atoms with Crippen molar-refractivity contribution in [2.24, 2.45) is 5.10 Å². The van der Waals surface area contributed by atoms with Gasteiger partial charge in [0.05, 0.1) is 12.6 Å². The summed E-state index contributed by atoms with van der Waals surface area (Å²) in [7, 11) is 0. The molecule has 1 fully saturated rings. The van der Waals surface area contributed by atoms with Crippen LogP contribution in [0.1, 0.15) is 53.6 Å². The third-order valence-corrected chi connectivity index (χ3v) is 5.40. The van der Waals surface area contributed by atoms with Crippen molar-refractivity contribution >= 4 is 23.5 Å². The Morgan fingerprint density at radius 3 is 2.91 bits per heavy atom. The van der Waals surface area contributed by atoms with Crippen LogP contribution in [0, 0.1) is 13.8 Å². The maximum absolute atomic E-state index is 11.8. The summed E-state index contributed by atoms with van der Waals surface area (Å²) in [5.41, 5.74) is 6.23. The first-order valence-corrected chi connectivity index (χ1v) is 9.06. The maximum Gasteiger partial charge on any atom is 0.245 e. The Bertz CT molecular complexity index is 694. The van der Waals surface area contributed by atoms with Crippen LogP contribution in [0.2, 0.25) is 0 Å². The van der Waals surface area contributed by atoms with Gasteiger partial charge >= 0.3 is 0 Å². The Morgan fingerprint density at radius 1 is 1.43 bits per heavy atom. The van der Waals surface area contributed by atoms with Gasteiger partial charge in [-0.3, -0.25) is 4.79 Å². The van der Waals surface area contributed by atoms with E-state index in [1.807, 2.05) is 17.5 Å². The lowest BCUT2D eigenvalue weighted by Gasteiger charge is -2.17. The minimum absolute atomic E-state index is 0.0756. The highest BCUT2D eigenvalue weighted by atomic mass is 32.1. The van der Waals surface area contributed by atoms with E-state index < -0.39 is 0 Å². The SMILES string of the molecule is Cc1cc(/C=N\NC(=O)Cc2cccs2)c(C)n1C1CCCC1. The molecule has 1 N–H and O–H groups in total. The maximum atomic E-state index is 11.8. The molecule has 0 saturated heterocycles. The lowest BCUT2D eigenvalue weighted by Crippen LogP contribution is -2.19. The zero-order chi connectivity index (χ0) is 16.2. The van der Waals surface area contributed by atoms with Gasteiger partial charge in [-0.2, -0.15) is 5.10 Å². The molecule has 0 atom stereocenters. The summed E-state index contributed by atoms with van der Waals surface area (Å²) in [4.78, 5) is 12.9. The Kier molecular flexibility index (Phi) is 4.96. The first kappa shape index (κ1) is 16.0. The molecule has 2 aromatic rings. The van der Waals surface area contributed by atoms with Crippen LogP contribution in [0.3, 0.4) is 0 Å². The first-order chi connectivity index (χ1) is 11.1. The Labute approximate surface area is 141 Å². The van der Waals surface area contributed by atoms with Crippen LogP contribution < -0.4 is 5.43 Å². The lowest BCUT2D eigenvalue weighted by molar-refractivity contribution is -0.120. The van der Waals surface area contributed by atoms with Crippen LogP contribution in [0.5, 0.6) is 0 Å². The molecule has 0 bridgehead atoms. The van der Waals surface area contributed by atoms with E-state index >= 15 is 0 Å². The number of aromatic nitrogens is 1. The van der Waals surface area contributed by atoms with Gasteiger partial charge in [-0.15, -0.1) is 11.3 Å². The summed E-state index contributed by atoms with van der Waals surface area (Å²) in [6, 6.07) is 6.70. The van der Waals surface area contributed by atoms with Gasteiger partial charge in [0.25, 0.3) is 0 Å². The summed E-state index contributed by atoms with van der Waals surface area (Å²) in [6.45, 7) is 4.29. The van der Waals surface area contributed by atoms with E-state index in [1.165, 1.54) is 37.1 Å². The monoisotopic (exact) mass is 329 g/mol. The summed E-state index contributed by atoms with van der Waals surface area (Å²) < 4.78 is 2.43.